The zero-order chi connectivity index (χ0) is 15.4. The molecule has 2 rings (SSSR count). The molecular weight excluding hydrogens is 268 g/mol. The Morgan fingerprint density at radius 1 is 1.33 bits per heavy atom. The van der Waals surface area contributed by atoms with Gasteiger partial charge in [0, 0.05) is 12.5 Å². The molecule has 1 heterocycles. The first-order valence-corrected chi connectivity index (χ1v) is 6.90. The molecule has 0 spiro atoms. The Bertz CT molecular complexity index is 615. The van der Waals surface area contributed by atoms with Crippen molar-refractivity contribution in [3.8, 4) is 5.75 Å². The second kappa shape index (κ2) is 6.43. The number of carbonyl (C=O) groups is 1. The van der Waals surface area contributed by atoms with Gasteiger partial charge < -0.3 is 14.6 Å². The standard InChI is InChI=1S/C16H20N2O3/c1-10(2)15-14(11(3)18-21-15)16(19)17-9-12-5-7-13(20-4)8-6-12/h5-8,10H,9H2,1-4H3,(H,17,19). The van der Waals surface area contributed by atoms with Gasteiger partial charge >= 0.3 is 0 Å². The number of hydrogen-bond donors (Lipinski definition) is 1. The fourth-order valence-electron chi connectivity index (χ4n) is 2.07. The van der Waals surface area contributed by atoms with E-state index in [4.69, 9.17) is 9.26 Å². The summed E-state index contributed by atoms with van der Waals surface area (Å²) in [7, 11) is 1.62. The highest BCUT2D eigenvalue weighted by molar-refractivity contribution is 5.96. The summed E-state index contributed by atoms with van der Waals surface area (Å²) in [5.74, 6) is 1.38. The van der Waals surface area contributed by atoms with Crippen LogP contribution >= 0.6 is 0 Å². The third-order valence-electron chi connectivity index (χ3n) is 3.25. The highest BCUT2D eigenvalue weighted by atomic mass is 16.5. The van der Waals surface area contributed by atoms with E-state index in [9.17, 15) is 4.79 Å². The molecule has 112 valence electrons. The molecule has 1 amide bonds. The molecule has 1 N–H and O–H groups in total. The fourth-order valence-corrected chi connectivity index (χ4v) is 2.07. The largest absolute Gasteiger partial charge is 0.497 e. The van der Waals surface area contributed by atoms with Gasteiger partial charge in [-0.1, -0.05) is 31.1 Å². The van der Waals surface area contributed by atoms with Crippen molar-refractivity contribution in [1.29, 1.82) is 0 Å². The Kier molecular flexibility index (Phi) is 4.62. The van der Waals surface area contributed by atoms with Crippen LogP contribution in [0.5, 0.6) is 5.75 Å². The number of nitrogens with one attached hydrogen (secondary N) is 1. The molecule has 5 heteroatoms. The number of ether oxygens (including phenoxy) is 1. The van der Waals surface area contributed by atoms with Crippen LogP contribution in [-0.4, -0.2) is 18.2 Å². The molecule has 21 heavy (non-hydrogen) atoms. The second-order valence-corrected chi connectivity index (χ2v) is 5.19. The smallest absolute Gasteiger partial charge is 0.257 e. The predicted octanol–water partition coefficient (Wildman–Crippen LogP) is 3.05. The first-order chi connectivity index (χ1) is 10.0. The van der Waals surface area contributed by atoms with Crippen molar-refractivity contribution in [3.05, 3.63) is 46.8 Å². The van der Waals surface area contributed by atoms with E-state index in [0.717, 1.165) is 11.3 Å². The van der Waals surface area contributed by atoms with Crippen LogP contribution in [0.4, 0.5) is 0 Å². The van der Waals surface area contributed by atoms with Gasteiger partial charge in [0.25, 0.3) is 5.91 Å². The van der Waals surface area contributed by atoms with Gasteiger partial charge in [0.15, 0.2) is 5.76 Å². The monoisotopic (exact) mass is 288 g/mol. The van der Waals surface area contributed by atoms with E-state index in [-0.39, 0.29) is 11.8 Å². The van der Waals surface area contributed by atoms with Gasteiger partial charge in [0.05, 0.1) is 12.8 Å². The molecule has 5 nitrogen and oxygen atoms in total. The topological polar surface area (TPSA) is 64.4 Å². The number of hydrogen-bond acceptors (Lipinski definition) is 4. The average molecular weight is 288 g/mol. The highest BCUT2D eigenvalue weighted by Crippen LogP contribution is 2.22. The van der Waals surface area contributed by atoms with Crippen LogP contribution in [0.25, 0.3) is 0 Å². The molecule has 0 aliphatic heterocycles. The summed E-state index contributed by atoms with van der Waals surface area (Å²) in [6, 6.07) is 7.57. The Hall–Kier alpha value is -2.30. The third kappa shape index (κ3) is 3.42. The fraction of sp³-hybridized carbons (Fsp3) is 0.375. The molecule has 0 unspecified atom stereocenters. The summed E-state index contributed by atoms with van der Waals surface area (Å²) in [6.07, 6.45) is 0. The van der Waals surface area contributed by atoms with E-state index < -0.39 is 0 Å². The number of aromatic nitrogens is 1. The number of nitrogens with zero attached hydrogens (tertiary/aromatic N) is 1. The molecule has 0 aliphatic rings. The van der Waals surface area contributed by atoms with E-state index in [2.05, 4.69) is 10.5 Å². The zero-order valence-electron chi connectivity index (χ0n) is 12.8. The zero-order valence-corrected chi connectivity index (χ0v) is 12.8. The maximum absolute atomic E-state index is 12.3. The van der Waals surface area contributed by atoms with Crippen LogP contribution in [0.1, 0.15) is 47.1 Å². The Morgan fingerprint density at radius 3 is 2.57 bits per heavy atom. The maximum Gasteiger partial charge on any atom is 0.257 e. The summed E-state index contributed by atoms with van der Waals surface area (Å²) in [5, 5.41) is 6.78. The molecule has 1 aromatic heterocycles. The Balaban J connectivity index is 2.06. The maximum atomic E-state index is 12.3. The SMILES string of the molecule is COc1ccc(CNC(=O)c2c(C)noc2C(C)C)cc1. The minimum atomic E-state index is -0.159. The number of benzene rings is 1. The van der Waals surface area contributed by atoms with E-state index in [1.54, 1.807) is 14.0 Å². The van der Waals surface area contributed by atoms with E-state index >= 15 is 0 Å². The first kappa shape index (κ1) is 15.1. The number of rotatable bonds is 5. The van der Waals surface area contributed by atoms with E-state index in [0.29, 0.717) is 23.6 Å². The summed E-state index contributed by atoms with van der Waals surface area (Å²) >= 11 is 0. The van der Waals surface area contributed by atoms with Crippen molar-refractivity contribution < 1.29 is 14.1 Å². The number of aryl methyl sites for hydroxylation is 1. The second-order valence-electron chi connectivity index (χ2n) is 5.19. The van der Waals surface area contributed by atoms with Crippen LogP contribution in [-0.2, 0) is 6.54 Å². The summed E-state index contributed by atoms with van der Waals surface area (Å²) in [4.78, 5) is 12.3. The summed E-state index contributed by atoms with van der Waals surface area (Å²) in [6.45, 7) is 6.17. The van der Waals surface area contributed by atoms with Crippen molar-refractivity contribution >= 4 is 5.91 Å². The van der Waals surface area contributed by atoms with Crippen molar-refractivity contribution in [2.75, 3.05) is 7.11 Å². The molecule has 0 bridgehead atoms. The van der Waals surface area contributed by atoms with Crippen molar-refractivity contribution in [2.24, 2.45) is 0 Å². The highest BCUT2D eigenvalue weighted by Gasteiger charge is 2.22. The lowest BCUT2D eigenvalue weighted by atomic mass is 10.0. The van der Waals surface area contributed by atoms with E-state index in [1.165, 1.54) is 0 Å². The summed E-state index contributed by atoms with van der Waals surface area (Å²) < 4.78 is 10.3. The third-order valence-corrected chi connectivity index (χ3v) is 3.25. The molecule has 0 fully saturated rings. The number of amides is 1. The van der Waals surface area contributed by atoms with Crippen molar-refractivity contribution in [3.63, 3.8) is 0 Å². The molecule has 0 saturated heterocycles. The lowest BCUT2D eigenvalue weighted by Gasteiger charge is -2.08. The predicted molar refractivity (Wildman–Crippen MR) is 79.5 cm³/mol. The van der Waals surface area contributed by atoms with Gasteiger partial charge in [0.2, 0.25) is 0 Å². The molecule has 0 saturated carbocycles. The molecule has 0 radical (unpaired) electrons. The molecule has 0 atom stereocenters. The van der Waals surface area contributed by atoms with Crippen LogP contribution < -0.4 is 10.1 Å². The van der Waals surface area contributed by atoms with Crippen LogP contribution in [0.2, 0.25) is 0 Å². The van der Waals surface area contributed by atoms with Crippen LogP contribution in [0.3, 0.4) is 0 Å². The first-order valence-electron chi connectivity index (χ1n) is 6.90. The average Bonchev–Trinajstić information content (AvgIpc) is 2.87. The lowest BCUT2D eigenvalue weighted by Crippen LogP contribution is -2.24. The normalized spacial score (nSPS) is 10.7. The quantitative estimate of drug-likeness (QED) is 0.918. The lowest BCUT2D eigenvalue weighted by molar-refractivity contribution is 0.0948. The van der Waals surface area contributed by atoms with Gasteiger partial charge in [-0.25, -0.2) is 0 Å². The van der Waals surface area contributed by atoms with Gasteiger partial charge in [-0.2, -0.15) is 0 Å². The van der Waals surface area contributed by atoms with Crippen molar-refractivity contribution in [1.82, 2.24) is 10.5 Å². The van der Waals surface area contributed by atoms with Gasteiger partial charge in [-0.05, 0) is 24.6 Å². The molecule has 0 aliphatic carbocycles. The van der Waals surface area contributed by atoms with Gasteiger partial charge in [0.1, 0.15) is 11.3 Å². The Morgan fingerprint density at radius 2 is 2.00 bits per heavy atom. The van der Waals surface area contributed by atoms with Gasteiger partial charge in [-0.3, -0.25) is 4.79 Å². The number of carbonyl (C=O) groups excluding carboxylic acids is 1. The summed E-state index contributed by atoms with van der Waals surface area (Å²) in [5.41, 5.74) is 2.16. The van der Waals surface area contributed by atoms with E-state index in [1.807, 2.05) is 38.1 Å². The molecular formula is C16H20N2O3. The molecule has 1 aromatic carbocycles. The van der Waals surface area contributed by atoms with Crippen molar-refractivity contribution in [2.45, 2.75) is 33.2 Å². The van der Waals surface area contributed by atoms with Crippen LogP contribution in [0.15, 0.2) is 28.8 Å². The molecule has 2 aromatic rings. The number of methoxy groups -OCH3 is 1. The minimum absolute atomic E-state index is 0.118. The Labute approximate surface area is 124 Å². The minimum Gasteiger partial charge on any atom is -0.497 e. The van der Waals surface area contributed by atoms with Crippen LogP contribution in [0, 0.1) is 6.92 Å². The van der Waals surface area contributed by atoms with Gasteiger partial charge in [-0.15, -0.1) is 0 Å².